The van der Waals surface area contributed by atoms with Crippen LogP contribution in [0.2, 0.25) is 26.2 Å². The third-order valence-corrected chi connectivity index (χ3v) is 27.4. The fraction of sp³-hybridized carbons (Fsp3) is 0.333. The van der Waals surface area contributed by atoms with Gasteiger partial charge in [-0.05, 0) is 28.5 Å². The first kappa shape index (κ1) is 17.8. The summed E-state index contributed by atoms with van der Waals surface area (Å²) in [6, 6.07) is 9.22. The Kier molecular flexibility index (Phi) is 3.56. The molecule has 0 fully saturated rings. The van der Waals surface area contributed by atoms with Gasteiger partial charge in [-0.1, -0.05) is 102 Å². The van der Waals surface area contributed by atoms with Gasteiger partial charge >= 0.3 is 0 Å². The highest BCUT2D eigenvalue weighted by Crippen LogP contribution is 2.66. The van der Waals surface area contributed by atoms with Gasteiger partial charge in [-0.15, -0.1) is 0 Å². The summed E-state index contributed by atoms with van der Waals surface area (Å²) in [6.45, 7) is 10.6. The van der Waals surface area contributed by atoms with Gasteiger partial charge in [0.05, 0.1) is 0 Å². The standard InChI is InChI=1S/C24H30SSi2/c1-25(2)21-15-17-11-7-9-13-19(17)23(21)26(3,4)24-20-14-10-8-12-18(20)16-22(24)27(25,5)6/h7-16,20-21H,1-6H3. The largest absolute Gasteiger partial charge is 0.246 e. The normalized spacial score (nSPS) is 31.9. The number of allylic oxidation sites excluding steroid dienone is 8. The summed E-state index contributed by atoms with van der Waals surface area (Å²) in [5, 5.41) is 9.23. The minimum Gasteiger partial charge on any atom is -0.246 e. The van der Waals surface area contributed by atoms with E-state index in [4.69, 9.17) is 0 Å². The Morgan fingerprint density at radius 1 is 0.926 bits per heavy atom. The van der Waals surface area contributed by atoms with Crippen LogP contribution in [0.15, 0.2) is 70.6 Å². The predicted molar refractivity (Wildman–Crippen MR) is 129 cm³/mol. The maximum atomic E-state index is 2.67. The van der Waals surface area contributed by atoms with Gasteiger partial charge in [0.25, 0.3) is 0 Å². The van der Waals surface area contributed by atoms with Crippen LogP contribution in [0.25, 0.3) is 11.3 Å². The van der Waals surface area contributed by atoms with Crippen LogP contribution in [0.4, 0.5) is 0 Å². The summed E-state index contributed by atoms with van der Waals surface area (Å²) in [4.78, 5) is 0. The molecule has 0 amide bonds. The monoisotopic (exact) mass is 406 g/mol. The fourth-order valence-electron chi connectivity index (χ4n) is 5.78. The van der Waals surface area contributed by atoms with Gasteiger partial charge in [-0.25, -0.2) is 9.48 Å². The van der Waals surface area contributed by atoms with Crippen LogP contribution in [0.1, 0.15) is 0 Å². The van der Waals surface area contributed by atoms with Crippen LogP contribution in [0, 0.1) is 5.92 Å². The average Bonchev–Trinajstić information content (AvgIpc) is 3.20. The summed E-state index contributed by atoms with van der Waals surface area (Å²) in [5.41, 5.74) is 1.55. The van der Waals surface area contributed by atoms with Crippen molar-refractivity contribution in [2.24, 2.45) is 5.92 Å². The molecule has 3 heteroatoms. The number of hydrogen-bond donors (Lipinski definition) is 0. The van der Waals surface area contributed by atoms with Gasteiger partial charge < -0.3 is 0 Å². The molecule has 2 atom stereocenters. The molecule has 1 heterocycles. The highest BCUT2D eigenvalue weighted by atomic mass is 32.5. The Morgan fingerprint density at radius 2 is 1.67 bits per heavy atom. The second-order valence-corrected chi connectivity index (χ2v) is 27.2. The van der Waals surface area contributed by atoms with Crippen molar-refractivity contribution >= 4 is 36.0 Å². The molecule has 0 saturated carbocycles. The van der Waals surface area contributed by atoms with E-state index in [1.165, 1.54) is 5.22 Å². The first-order chi connectivity index (χ1) is 12.7. The van der Waals surface area contributed by atoms with Crippen LogP contribution in [0.3, 0.4) is 0 Å². The Hall–Kier alpha value is -1.30. The Morgan fingerprint density at radius 3 is 2.44 bits per heavy atom. The van der Waals surface area contributed by atoms with Crippen molar-refractivity contribution in [2.75, 3.05) is 12.5 Å². The van der Waals surface area contributed by atoms with Crippen molar-refractivity contribution in [3.8, 4) is 0 Å². The Balaban J connectivity index is 1.91. The van der Waals surface area contributed by atoms with E-state index in [1.807, 2.05) is 15.6 Å². The van der Waals surface area contributed by atoms with Gasteiger partial charge in [-0.3, -0.25) is 0 Å². The zero-order chi connectivity index (χ0) is 19.2. The number of hydrogen-bond acceptors (Lipinski definition) is 0. The maximum Gasteiger partial charge on any atom is 0.124 e. The first-order valence-electron chi connectivity index (χ1n) is 10.0. The summed E-state index contributed by atoms with van der Waals surface area (Å²) in [7, 11) is -4.13. The molecule has 0 N–H and O–H groups in total. The molecule has 5 rings (SSSR count). The van der Waals surface area contributed by atoms with Gasteiger partial charge in [0.1, 0.15) is 15.3 Å². The molecule has 4 aliphatic rings. The van der Waals surface area contributed by atoms with E-state index < -0.39 is 24.8 Å². The third-order valence-electron chi connectivity index (χ3n) is 7.79. The van der Waals surface area contributed by atoms with E-state index in [-0.39, 0.29) is 0 Å². The molecule has 27 heavy (non-hydrogen) atoms. The van der Waals surface area contributed by atoms with Crippen LogP contribution in [0.5, 0.6) is 0 Å². The molecular formula is C24H30SSi2. The predicted octanol–water partition coefficient (Wildman–Crippen LogP) is 4.59. The third kappa shape index (κ3) is 2.11. The zero-order valence-electron chi connectivity index (χ0n) is 17.3. The molecule has 1 aromatic rings. The fourth-order valence-corrected chi connectivity index (χ4v) is 22.2. The van der Waals surface area contributed by atoms with Crippen LogP contribution < -0.4 is 10.4 Å². The Labute approximate surface area is 166 Å². The molecule has 1 aliphatic heterocycles. The molecular weight excluding hydrogens is 377 g/mol. The molecule has 0 bridgehead atoms. The molecule has 0 radical (unpaired) electrons. The molecule has 0 aromatic heterocycles. The van der Waals surface area contributed by atoms with Gasteiger partial charge in [0.15, 0.2) is 0 Å². The average molecular weight is 407 g/mol. The molecule has 0 spiro atoms. The summed E-state index contributed by atoms with van der Waals surface area (Å²) < 4.78 is 0. The molecule has 2 unspecified atom stereocenters. The molecule has 0 nitrogen and oxygen atoms in total. The lowest BCUT2D eigenvalue weighted by Crippen LogP contribution is -2.42. The number of rotatable bonds is 0. The highest BCUT2D eigenvalue weighted by Gasteiger charge is 2.55. The van der Waals surface area contributed by atoms with E-state index in [2.05, 4.69) is 99.4 Å². The SMILES string of the molecule is C[Si]1(C)C2=C(C=C3C=CC=CC32)[Si](C)(C)S(C)(C)C2C=c3ccccc3=C21. The lowest BCUT2D eigenvalue weighted by molar-refractivity contribution is 0.983. The summed E-state index contributed by atoms with van der Waals surface area (Å²) >= 11 is 0. The van der Waals surface area contributed by atoms with E-state index in [0.29, 0.717) is 11.2 Å². The van der Waals surface area contributed by atoms with Crippen molar-refractivity contribution in [1.82, 2.24) is 0 Å². The minimum absolute atomic E-state index is 0.535. The van der Waals surface area contributed by atoms with Crippen molar-refractivity contribution in [3.63, 3.8) is 0 Å². The van der Waals surface area contributed by atoms with Crippen LogP contribution >= 0.6 is 9.48 Å². The molecule has 140 valence electrons. The second-order valence-electron chi connectivity index (χ2n) is 9.82. The van der Waals surface area contributed by atoms with Crippen LogP contribution in [-0.2, 0) is 0 Å². The second kappa shape index (κ2) is 5.40. The zero-order valence-corrected chi connectivity index (χ0v) is 20.2. The van der Waals surface area contributed by atoms with E-state index >= 15 is 0 Å². The van der Waals surface area contributed by atoms with Gasteiger partial charge in [-0.2, -0.15) is 0 Å². The minimum atomic E-state index is -1.75. The highest BCUT2D eigenvalue weighted by molar-refractivity contribution is 8.57. The quantitative estimate of drug-likeness (QED) is 0.553. The topological polar surface area (TPSA) is 0 Å². The van der Waals surface area contributed by atoms with Crippen molar-refractivity contribution in [2.45, 2.75) is 31.4 Å². The maximum absolute atomic E-state index is 2.67. The van der Waals surface area contributed by atoms with E-state index in [9.17, 15) is 0 Å². The number of benzene rings is 1. The van der Waals surface area contributed by atoms with Crippen molar-refractivity contribution in [3.05, 3.63) is 81.0 Å². The van der Waals surface area contributed by atoms with Crippen LogP contribution in [-0.4, -0.2) is 33.1 Å². The molecule has 3 aliphatic carbocycles. The molecule has 0 saturated heterocycles. The van der Waals surface area contributed by atoms with E-state index in [0.717, 1.165) is 0 Å². The van der Waals surface area contributed by atoms with Crippen molar-refractivity contribution < 1.29 is 0 Å². The number of fused-ring (bicyclic) bond motifs is 4. The summed E-state index contributed by atoms with van der Waals surface area (Å²) in [6.07, 6.45) is 19.9. The van der Waals surface area contributed by atoms with Gasteiger partial charge in [0, 0.05) is 11.2 Å². The lowest BCUT2D eigenvalue weighted by atomic mass is 9.98. The van der Waals surface area contributed by atoms with Crippen molar-refractivity contribution in [1.29, 1.82) is 0 Å². The Bertz CT molecular complexity index is 1110. The first-order valence-corrected chi connectivity index (χ1v) is 19.3. The smallest absolute Gasteiger partial charge is 0.124 e. The lowest BCUT2D eigenvalue weighted by Gasteiger charge is -2.50. The van der Waals surface area contributed by atoms with Gasteiger partial charge in [0.2, 0.25) is 0 Å². The molecule has 1 aromatic carbocycles. The summed E-state index contributed by atoms with van der Waals surface area (Å²) in [5.74, 6) is 0.535. The van der Waals surface area contributed by atoms with E-state index in [1.54, 1.807) is 10.8 Å².